The van der Waals surface area contributed by atoms with E-state index in [0.29, 0.717) is 0 Å². The van der Waals surface area contributed by atoms with Gasteiger partial charge in [-0.1, -0.05) is 0 Å². The maximum atomic E-state index is 9.75. The Morgan fingerprint density at radius 1 is 0.857 bits per heavy atom. The van der Waals surface area contributed by atoms with Crippen molar-refractivity contribution >= 4 is 0 Å². The zero-order valence-electron chi connectivity index (χ0n) is 8.88. The van der Waals surface area contributed by atoms with Gasteiger partial charge < -0.3 is 20.8 Å². The lowest BCUT2D eigenvalue weighted by Gasteiger charge is -2.40. The monoisotopic (exact) mass is 200 g/mol. The summed E-state index contributed by atoms with van der Waals surface area (Å²) in [5, 5.41) is 26.1. The predicted molar refractivity (Wildman–Crippen MR) is 54.1 cm³/mol. The van der Waals surface area contributed by atoms with E-state index in [1.807, 2.05) is 14.1 Å². The average molecular weight is 200 g/mol. The van der Waals surface area contributed by atoms with Gasteiger partial charge in [0.25, 0.3) is 0 Å². The lowest BCUT2D eigenvalue weighted by atomic mass is 9.83. The molecule has 0 spiro atoms. The standard InChI is InChI=1S/C10H20N2O2/c1-11-9-3-7(13)5-10(9,12-2)6-8(14)4-9/h7-8,11-14H,3-6H2,1-2H3. The van der Waals surface area contributed by atoms with Crippen LogP contribution >= 0.6 is 0 Å². The van der Waals surface area contributed by atoms with Crippen molar-refractivity contribution in [3.8, 4) is 0 Å². The summed E-state index contributed by atoms with van der Waals surface area (Å²) in [4.78, 5) is 0. The molecule has 0 aromatic heterocycles. The Balaban J connectivity index is 2.32. The highest BCUT2D eigenvalue weighted by Crippen LogP contribution is 2.50. The Morgan fingerprint density at radius 3 is 1.36 bits per heavy atom. The maximum Gasteiger partial charge on any atom is 0.0576 e. The Kier molecular flexibility index (Phi) is 2.34. The van der Waals surface area contributed by atoms with Crippen LogP contribution < -0.4 is 10.6 Å². The van der Waals surface area contributed by atoms with Crippen LogP contribution in [0.5, 0.6) is 0 Å². The normalized spacial score (nSPS) is 52.3. The van der Waals surface area contributed by atoms with Crippen LogP contribution in [0.3, 0.4) is 0 Å². The molecule has 14 heavy (non-hydrogen) atoms. The van der Waals surface area contributed by atoms with Gasteiger partial charge in [0, 0.05) is 11.1 Å². The van der Waals surface area contributed by atoms with Crippen LogP contribution in [0.15, 0.2) is 0 Å². The molecule has 0 heterocycles. The summed E-state index contributed by atoms with van der Waals surface area (Å²) in [6.07, 6.45) is 2.45. The van der Waals surface area contributed by atoms with Crippen LogP contribution in [0.2, 0.25) is 0 Å². The molecular weight excluding hydrogens is 180 g/mol. The molecule has 0 atom stereocenters. The molecule has 2 saturated carbocycles. The van der Waals surface area contributed by atoms with E-state index in [1.54, 1.807) is 0 Å². The van der Waals surface area contributed by atoms with Gasteiger partial charge in [-0.05, 0) is 39.8 Å². The second-order valence-corrected chi connectivity index (χ2v) is 4.79. The van der Waals surface area contributed by atoms with Crippen molar-refractivity contribution in [2.45, 2.75) is 49.0 Å². The van der Waals surface area contributed by atoms with Gasteiger partial charge >= 0.3 is 0 Å². The molecule has 82 valence electrons. The number of hydrogen-bond acceptors (Lipinski definition) is 4. The molecule has 2 aliphatic carbocycles. The van der Waals surface area contributed by atoms with E-state index < -0.39 is 0 Å². The third-order valence-electron chi connectivity index (χ3n) is 4.21. The van der Waals surface area contributed by atoms with Crippen molar-refractivity contribution in [3.63, 3.8) is 0 Å². The third-order valence-corrected chi connectivity index (χ3v) is 4.21. The van der Waals surface area contributed by atoms with Crippen molar-refractivity contribution in [1.82, 2.24) is 10.6 Å². The number of likely N-dealkylation sites (N-methyl/N-ethyl adjacent to an activating group) is 2. The third kappa shape index (κ3) is 1.15. The molecule has 0 saturated heterocycles. The minimum Gasteiger partial charge on any atom is -0.393 e. The van der Waals surface area contributed by atoms with Gasteiger partial charge in [0.1, 0.15) is 0 Å². The molecule has 0 radical (unpaired) electrons. The summed E-state index contributed by atoms with van der Waals surface area (Å²) in [6, 6.07) is 0. The number of rotatable bonds is 2. The molecular formula is C10H20N2O2. The summed E-state index contributed by atoms with van der Waals surface area (Å²) in [5.74, 6) is 0. The van der Waals surface area contributed by atoms with Crippen molar-refractivity contribution < 1.29 is 10.2 Å². The van der Waals surface area contributed by atoms with Gasteiger partial charge in [-0.2, -0.15) is 0 Å². The largest absolute Gasteiger partial charge is 0.393 e. The van der Waals surface area contributed by atoms with E-state index in [2.05, 4.69) is 10.6 Å². The predicted octanol–water partition coefficient (Wildman–Crippen LogP) is -0.788. The SMILES string of the molecule is CNC12CC(O)CC1(NC)CC(O)C2. The van der Waals surface area contributed by atoms with Gasteiger partial charge in [0.2, 0.25) is 0 Å². The highest BCUT2D eigenvalue weighted by atomic mass is 16.3. The second-order valence-electron chi connectivity index (χ2n) is 4.79. The summed E-state index contributed by atoms with van der Waals surface area (Å²) in [7, 11) is 3.84. The van der Waals surface area contributed by atoms with Crippen molar-refractivity contribution in [1.29, 1.82) is 0 Å². The highest BCUT2D eigenvalue weighted by Gasteiger charge is 2.61. The van der Waals surface area contributed by atoms with Crippen LogP contribution in [0.25, 0.3) is 0 Å². The molecule has 4 nitrogen and oxygen atoms in total. The first kappa shape index (κ1) is 10.4. The number of fused-ring (bicyclic) bond motifs is 1. The molecule has 0 unspecified atom stereocenters. The fourth-order valence-electron chi connectivity index (χ4n) is 3.59. The summed E-state index contributed by atoms with van der Waals surface area (Å²) < 4.78 is 0. The van der Waals surface area contributed by atoms with E-state index in [1.165, 1.54) is 0 Å². The molecule has 0 aromatic carbocycles. The first-order valence-electron chi connectivity index (χ1n) is 5.31. The van der Waals surface area contributed by atoms with Gasteiger partial charge in [0.15, 0.2) is 0 Å². The minimum absolute atomic E-state index is 0.124. The summed E-state index contributed by atoms with van der Waals surface area (Å²) in [5.41, 5.74) is -0.249. The zero-order valence-corrected chi connectivity index (χ0v) is 8.88. The molecule has 2 rings (SSSR count). The average Bonchev–Trinajstić information content (AvgIpc) is 2.52. The van der Waals surface area contributed by atoms with Crippen LogP contribution in [0.4, 0.5) is 0 Å². The van der Waals surface area contributed by atoms with Crippen LogP contribution in [-0.4, -0.2) is 47.6 Å². The fraction of sp³-hybridized carbons (Fsp3) is 1.00. The van der Waals surface area contributed by atoms with Crippen molar-refractivity contribution in [2.75, 3.05) is 14.1 Å². The first-order valence-corrected chi connectivity index (χ1v) is 5.31. The maximum absolute atomic E-state index is 9.75. The molecule has 4 heteroatoms. The smallest absolute Gasteiger partial charge is 0.0576 e. The number of aliphatic hydroxyl groups excluding tert-OH is 2. The lowest BCUT2D eigenvalue weighted by Crippen LogP contribution is -2.61. The summed E-state index contributed by atoms with van der Waals surface area (Å²) in [6.45, 7) is 0. The highest BCUT2D eigenvalue weighted by molar-refractivity contribution is 5.22. The van der Waals surface area contributed by atoms with Gasteiger partial charge in [-0.15, -0.1) is 0 Å². The molecule has 0 bridgehead atoms. The second kappa shape index (κ2) is 3.17. The first-order chi connectivity index (χ1) is 6.57. The lowest BCUT2D eigenvalue weighted by molar-refractivity contribution is 0.128. The van der Waals surface area contributed by atoms with E-state index in [4.69, 9.17) is 0 Å². The Bertz CT molecular complexity index is 196. The quantitative estimate of drug-likeness (QED) is 0.472. The Labute approximate surface area is 84.7 Å². The number of aliphatic hydroxyl groups is 2. The van der Waals surface area contributed by atoms with Gasteiger partial charge in [0.05, 0.1) is 12.2 Å². The number of hydrogen-bond donors (Lipinski definition) is 4. The Hall–Kier alpha value is -0.160. The zero-order chi connectivity index (χ0) is 10.4. The van der Waals surface area contributed by atoms with Gasteiger partial charge in [-0.25, -0.2) is 0 Å². The topological polar surface area (TPSA) is 64.5 Å². The number of nitrogens with one attached hydrogen (secondary N) is 2. The van der Waals surface area contributed by atoms with Crippen LogP contribution in [0, 0.1) is 0 Å². The van der Waals surface area contributed by atoms with Crippen molar-refractivity contribution in [3.05, 3.63) is 0 Å². The molecule has 0 aliphatic heterocycles. The van der Waals surface area contributed by atoms with E-state index in [-0.39, 0.29) is 23.3 Å². The minimum atomic E-state index is -0.248. The van der Waals surface area contributed by atoms with Crippen LogP contribution in [-0.2, 0) is 0 Å². The van der Waals surface area contributed by atoms with Crippen LogP contribution in [0.1, 0.15) is 25.7 Å². The molecule has 2 aliphatic rings. The molecule has 2 fully saturated rings. The fourth-order valence-corrected chi connectivity index (χ4v) is 3.59. The summed E-state index contributed by atoms with van der Waals surface area (Å²) >= 11 is 0. The van der Waals surface area contributed by atoms with E-state index in [9.17, 15) is 10.2 Å². The van der Waals surface area contributed by atoms with E-state index in [0.717, 1.165) is 25.7 Å². The Morgan fingerprint density at radius 2 is 1.14 bits per heavy atom. The van der Waals surface area contributed by atoms with Crippen molar-refractivity contribution in [2.24, 2.45) is 0 Å². The molecule has 0 aromatic rings. The van der Waals surface area contributed by atoms with Gasteiger partial charge in [-0.3, -0.25) is 0 Å². The van der Waals surface area contributed by atoms with E-state index >= 15 is 0 Å². The molecule has 0 amide bonds. The molecule has 4 N–H and O–H groups in total.